The van der Waals surface area contributed by atoms with E-state index in [0.717, 1.165) is 24.2 Å². The Morgan fingerprint density at radius 1 is 1.06 bits per heavy atom. The first-order valence-electron chi connectivity index (χ1n) is 6.15. The second kappa shape index (κ2) is 4.37. The molecule has 3 rings (SSSR count). The zero-order valence-electron chi connectivity index (χ0n) is 10.3. The monoisotopic (exact) mass is 239 g/mol. The summed E-state index contributed by atoms with van der Waals surface area (Å²) < 4.78 is 13.9. The summed E-state index contributed by atoms with van der Waals surface area (Å²) in [4.78, 5) is 4.52. The molecule has 1 aliphatic heterocycles. The van der Waals surface area contributed by atoms with Crippen LogP contribution in [0.3, 0.4) is 0 Å². The van der Waals surface area contributed by atoms with Crippen molar-refractivity contribution in [3.63, 3.8) is 0 Å². The minimum atomic E-state index is -0.203. The summed E-state index contributed by atoms with van der Waals surface area (Å²) in [6.07, 6.45) is 0.938. The fourth-order valence-electron chi connectivity index (χ4n) is 2.39. The first kappa shape index (κ1) is 11.1. The Bertz CT molecular complexity index is 629. The number of benzene rings is 2. The van der Waals surface area contributed by atoms with Crippen molar-refractivity contribution < 1.29 is 4.39 Å². The number of nitrogens with zero attached hydrogens (tertiary/aromatic N) is 1. The number of hydrogen-bond donors (Lipinski definition) is 0. The molecular formula is C16H14FN. The highest BCUT2D eigenvalue weighted by Gasteiger charge is 2.18. The third kappa shape index (κ3) is 1.84. The van der Waals surface area contributed by atoms with Crippen molar-refractivity contribution in [3.05, 3.63) is 70.5 Å². The molecule has 0 radical (unpaired) electrons. The number of hydrogen-bond acceptors (Lipinski definition) is 1. The van der Waals surface area contributed by atoms with E-state index in [1.54, 1.807) is 12.1 Å². The molecule has 0 aromatic heterocycles. The largest absolute Gasteiger partial charge is 0.284 e. The average Bonchev–Trinajstić information content (AvgIpc) is 2.39. The molecule has 1 aliphatic rings. The topological polar surface area (TPSA) is 12.4 Å². The van der Waals surface area contributed by atoms with Crippen LogP contribution in [0.4, 0.5) is 4.39 Å². The van der Waals surface area contributed by atoms with Crippen LogP contribution < -0.4 is 0 Å². The molecule has 2 heteroatoms. The predicted octanol–water partition coefficient (Wildman–Crippen LogP) is 3.53. The smallest absolute Gasteiger partial charge is 0.132 e. The van der Waals surface area contributed by atoms with Crippen LogP contribution in [0, 0.1) is 12.7 Å². The van der Waals surface area contributed by atoms with E-state index in [1.807, 2.05) is 13.0 Å². The molecule has 2 aromatic carbocycles. The van der Waals surface area contributed by atoms with Crippen LogP contribution in [0.15, 0.2) is 47.5 Å². The highest BCUT2D eigenvalue weighted by atomic mass is 19.1. The van der Waals surface area contributed by atoms with Gasteiger partial charge in [-0.25, -0.2) is 4.39 Å². The minimum Gasteiger partial charge on any atom is -0.284 e. The number of halogens is 1. The molecule has 0 spiro atoms. The van der Waals surface area contributed by atoms with Gasteiger partial charge in [-0.2, -0.15) is 0 Å². The molecule has 0 aliphatic carbocycles. The van der Waals surface area contributed by atoms with Gasteiger partial charge in [0.1, 0.15) is 5.82 Å². The maximum Gasteiger partial charge on any atom is 0.132 e. The van der Waals surface area contributed by atoms with Crippen LogP contribution in [-0.2, 0) is 6.42 Å². The molecule has 1 nitrogen and oxygen atoms in total. The van der Waals surface area contributed by atoms with E-state index in [2.05, 4.69) is 23.2 Å². The van der Waals surface area contributed by atoms with Crippen molar-refractivity contribution in [1.29, 1.82) is 0 Å². The third-order valence-corrected chi connectivity index (χ3v) is 3.30. The average molecular weight is 239 g/mol. The van der Waals surface area contributed by atoms with Gasteiger partial charge in [-0.15, -0.1) is 0 Å². The minimum absolute atomic E-state index is 0.203. The van der Waals surface area contributed by atoms with Gasteiger partial charge < -0.3 is 0 Å². The molecule has 2 aromatic rings. The highest BCUT2D eigenvalue weighted by Crippen LogP contribution is 2.23. The lowest BCUT2D eigenvalue weighted by Crippen LogP contribution is -2.15. The molecule has 0 fully saturated rings. The van der Waals surface area contributed by atoms with Crippen LogP contribution >= 0.6 is 0 Å². The summed E-state index contributed by atoms with van der Waals surface area (Å²) in [7, 11) is 0. The summed E-state index contributed by atoms with van der Waals surface area (Å²) in [6.45, 7) is 2.79. The van der Waals surface area contributed by atoms with Crippen molar-refractivity contribution >= 4 is 5.71 Å². The first-order chi connectivity index (χ1) is 8.75. The van der Waals surface area contributed by atoms with Crippen molar-refractivity contribution in [3.8, 4) is 0 Å². The van der Waals surface area contributed by atoms with E-state index in [4.69, 9.17) is 0 Å². The molecule has 1 heterocycles. The van der Waals surface area contributed by atoms with E-state index in [0.29, 0.717) is 5.56 Å². The molecule has 0 saturated heterocycles. The fourth-order valence-corrected chi connectivity index (χ4v) is 2.39. The van der Waals surface area contributed by atoms with Crippen LogP contribution in [-0.4, -0.2) is 12.3 Å². The van der Waals surface area contributed by atoms with Crippen molar-refractivity contribution in [2.24, 2.45) is 4.99 Å². The summed E-state index contributed by atoms with van der Waals surface area (Å²) in [5.41, 5.74) is 4.90. The number of aryl methyl sites for hydroxylation is 1. The van der Waals surface area contributed by atoms with Crippen LogP contribution in [0.25, 0.3) is 0 Å². The van der Waals surface area contributed by atoms with Gasteiger partial charge >= 0.3 is 0 Å². The molecule has 0 saturated carbocycles. The van der Waals surface area contributed by atoms with Gasteiger partial charge in [0.15, 0.2) is 0 Å². The number of rotatable bonds is 1. The SMILES string of the molecule is Cc1ccc2c(c1)C(c1ccccc1F)=NCC2. The summed E-state index contributed by atoms with van der Waals surface area (Å²) >= 11 is 0. The van der Waals surface area contributed by atoms with E-state index in [1.165, 1.54) is 17.2 Å². The van der Waals surface area contributed by atoms with Gasteiger partial charge in [0, 0.05) is 17.7 Å². The van der Waals surface area contributed by atoms with Crippen LogP contribution in [0.1, 0.15) is 22.3 Å². The number of fused-ring (bicyclic) bond motifs is 1. The Morgan fingerprint density at radius 2 is 1.89 bits per heavy atom. The zero-order valence-corrected chi connectivity index (χ0v) is 10.3. The van der Waals surface area contributed by atoms with Crippen LogP contribution in [0.2, 0.25) is 0 Å². The summed E-state index contributed by atoms with van der Waals surface area (Å²) in [6, 6.07) is 13.2. The second-order valence-electron chi connectivity index (χ2n) is 4.62. The third-order valence-electron chi connectivity index (χ3n) is 3.30. The van der Waals surface area contributed by atoms with E-state index in [9.17, 15) is 4.39 Å². The standard InChI is InChI=1S/C16H14FN/c1-11-6-7-12-8-9-18-16(14(12)10-11)13-4-2-3-5-15(13)17/h2-7,10H,8-9H2,1H3. The molecule has 90 valence electrons. The fraction of sp³-hybridized carbons (Fsp3) is 0.188. The van der Waals surface area contributed by atoms with Crippen molar-refractivity contribution in [2.45, 2.75) is 13.3 Å². The summed E-state index contributed by atoms with van der Waals surface area (Å²) in [5, 5.41) is 0. The van der Waals surface area contributed by atoms with Gasteiger partial charge in [-0.05, 0) is 37.1 Å². The lowest BCUT2D eigenvalue weighted by molar-refractivity contribution is 0.625. The van der Waals surface area contributed by atoms with E-state index < -0.39 is 0 Å². The molecule has 18 heavy (non-hydrogen) atoms. The Kier molecular flexibility index (Phi) is 2.71. The lowest BCUT2D eigenvalue weighted by Gasteiger charge is -2.18. The highest BCUT2D eigenvalue weighted by molar-refractivity contribution is 6.14. The Labute approximate surface area is 106 Å². The number of aliphatic imine (C=N–C) groups is 1. The molecule has 0 unspecified atom stereocenters. The maximum absolute atomic E-state index is 13.9. The summed E-state index contributed by atoms with van der Waals surface area (Å²) in [5.74, 6) is -0.203. The van der Waals surface area contributed by atoms with Gasteiger partial charge in [0.2, 0.25) is 0 Å². The second-order valence-corrected chi connectivity index (χ2v) is 4.62. The molecule has 0 atom stereocenters. The Morgan fingerprint density at radius 3 is 2.72 bits per heavy atom. The van der Waals surface area contributed by atoms with Gasteiger partial charge in [-0.3, -0.25) is 4.99 Å². The van der Waals surface area contributed by atoms with Gasteiger partial charge in [-0.1, -0.05) is 29.8 Å². The lowest BCUT2D eigenvalue weighted by atomic mass is 9.92. The first-order valence-corrected chi connectivity index (χ1v) is 6.15. The Balaban J connectivity index is 2.18. The normalized spacial score (nSPS) is 14.0. The van der Waals surface area contributed by atoms with Crippen molar-refractivity contribution in [2.75, 3.05) is 6.54 Å². The van der Waals surface area contributed by atoms with E-state index in [-0.39, 0.29) is 5.82 Å². The van der Waals surface area contributed by atoms with Gasteiger partial charge in [0.05, 0.1) is 5.71 Å². The zero-order chi connectivity index (χ0) is 12.5. The van der Waals surface area contributed by atoms with Gasteiger partial charge in [0.25, 0.3) is 0 Å². The quantitative estimate of drug-likeness (QED) is 0.722. The predicted molar refractivity (Wildman–Crippen MR) is 71.8 cm³/mol. The molecule has 0 amide bonds. The molecule has 0 N–H and O–H groups in total. The van der Waals surface area contributed by atoms with Crippen molar-refractivity contribution in [1.82, 2.24) is 0 Å². The van der Waals surface area contributed by atoms with E-state index >= 15 is 0 Å². The molecule has 0 bridgehead atoms. The van der Waals surface area contributed by atoms with Crippen LogP contribution in [0.5, 0.6) is 0 Å². The Hall–Kier alpha value is -1.96. The molecular weight excluding hydrogens is 225 g/mol. The maximum atomic E-state index is 13.9.